The number of ether oxygens (including phenoxy) is 1. The van der Waals surface area contributed by atoms with Crippen LogP contribution in [0.4, 0.5) is 5.69 Å². The van der Waals surface area contributed by atoms with Gasteiger partial charge in [-0.3, -0.25) is 4.79 Å². The zero-order chi connectivity index (χ0) is 12.6. The Morgan fingerprint density at radius 1 is 1.53 bits per heavy atom. The number of amides is 1. The fraction of sp³-hybridized carbons (Fsp3) is 0.462. The molecule has 0 radical (unpaired) electrons. The lowest BCUT2D eigenvalue weighted by molar-refractivity contribution is -0.125. The second-order valence-corrected chi connectivity index (χ2v) is 6.01. The highest BCUT2D eigenvalue weighted by molar-refractivity contribution is 9.09. The van der Waals surface area contributed by atoms with Gasteiger partial charge < -0.3 is 9.64 Å². The third-order valence-electron chi connectivity index (χ3n) is 2.88. The molecule has 0 saturated carbocycles. The molecule has 0 aromatic heterocycles. The highest BCUT2D eigenvalue weighted by Crippen LogP contribution is 2.34. The van der Waals surface area contributed by atoms with E-state index in [-0.39, 0.29) is 5.91 Å². The topological polar surface area (TPSA) is 29.5 Å². The molecule has 3 nitrogen and oxygen atoms in total. The molecule has 0 N–H and O–H groups in total. The van der Waals surface area contributed by atoms with Gasteiger partial charge in [-0.15, -0.1) is 0 Å². The van der Waals surface area contributed by atoms with Gasteiger partial charge in [0.2, 0.25) is 0 Å². The Balaban J connectivity index is 2.35. The molecule has 1 aromatic carbocycles. The summed E-state index contributed by atoms with van der Waals surface area (Å²) in [5, 5.41) is 0. The zero-order valence-corrected chi connectivity index (χ0v) is 11.8. The van der Waals surface area contributed by atoms with Crippen LogP contribution >= 0.6 is 15.9 Å². The largest absolute Gasteiger partial charge is 0.479 e. The monoisotopic (exact) mass is 297 g/mol. The Morgan fingerprint density at radius 2 is 2.24 bits per heavy atom. The van der Waals surface area contributed by atoms with Crippen molar-refractivity contribution in [3.8, 4) is 5.75 Å². The number of anilines is 1. The number of hydrogen-bond donors (Lipinski definition) is 0. The maximum Gasteiger partial charge on any atom is 0.267 e. The Morgan fingerprint density at radius 3 is 2.88 bits per heavy atom. The molecule has 17 heavy (non-hydrogen) atoms. The second-order valence-electron chi connectivity index (χ2n) is 4.44. The number of hydrogen-bond acceptors (Lipinski definition) is 2. The van der Waals surface area contributed by atoms with Gasteiger partial charge >= 0.3 is 0 Å². The van der Waals surface area contributed by atoms with Gasteiger partial charge in [0.15, 0.2) is 6.10 Å². The van der Waals surface area contributed by atoms with E-state index in [4.69, 9.17) is 4.74 Å². The first-order valence-electron chi connectivity index (χ1n) is 5.70. The van der Waals surface area contributed by atoms with Crippen LogP contribution in [0.5, 0.6) is 5.75 Å². The van der Waals surface area contributed by atoms with Crippen molar-refractivity contribution in [2.75, 3.05) is 11.9 Å². The number of nitrogens with zero attached hydrogens (tertiary/aromatic N) is 1. The van der Waals surface area contributed by atoms with Crippen molar-refractivity contribution in [1.29, 1.82) is 0 Å². The van der Waals surface area contributed by atoms with Crippen LogP contribution in [0, 0.1) is 0 Å². The average molecular weight is 298 g/mol. The van der Waals surface area contributed by atoms with Crippen molar-refractivity contribution in [2.24, 2.45) is 0 Å². The van der Waals surface area contributed by atoms with Crippen LogP contribution in [0.25, 0.3) is 0 Å². The normalized spacial score (nSPS) is 20.8. The van der Waals surface area contributed by atoms with E-state index in [2.05, 4.69) is 22.9 Å². The Hall–Kier alpha value is -1.03. The molecule has 1 aliphatic heterocycles. The molecular weight excluding hydrogens is 282 g/mol. The lowest BCUT2D eigenvalue weighted by Gasteiger charge is -2.30. The first-order chi connectivity index (χ1) is 7.99. The summed E-state index contributed by atoms with van der Waals surface area (Å²) in [5.74, 6) is 0.784. The van der Waals surface area contributed by atoms with Crippen molar-refractivity contribution in [1.82, 2.24) is 0 Å². The average Bonchev–Trinajstić information content (AvgIpc) is 2.26. The van der Waals surface area contributed by atoms with Gasteiger partial charge in [0, 0.05) is 11.9 Å². The third-order valence-corrected chi connectivity index (χ3v) is 3.21. The molecule has 1 amide bonds. The first kappa shape index (κ1) is 12.4. The highest BCUT2D eigenvalue weighted by Gasteiger charge is 2.28. The molecule has 0 fully saturated rings. The van der Waals surface area contributed by atoms with E-state index in [1.165, 1.54) is 5.56 Å². The van der Waals surface area contributed by atoms with E-state index in [0.717, 1.165) is 17.9 Å². The Labute approximate surface area is 110 Å². The number of likely N-dealkylation sites (N-methyl/N-ethyl adjacent to an activating group) is 1. The van der Waals surface area contributed by atoms with E-state index in [0.29, 0.717) is 4.83 Å². The van der Waals surface area contributed by atoms with Gasteiger partial charge in [-0.1, -0.05) is 28.9 Å². The zero-order valence-electron chi connectivity index (χ0n) is 10.2. The van der Waals surface area contributed by atoms with Crippen LogP contribution in [0.1, 0.15) is 19.4 Å². The third kappa shape index (κ3) is 2.46. The molecule has 0 saturated heterocycles. The van der Waals surface area contributed by atoms with Gasteiger partial charge in [-0.05, 0) is 31.0 Å². The van der Waals surface area contributed by atoms with E-state index < -0.39 is 6.10 Å². The van der Waals surface area contributed by atoms with Gasteiger partial charge in [-0.2, -0.15) is 0 Å². The molecule has 92 valence electrons. The molecule has 2 atom stereocenters. The summed E-state index contributed by atoms with van der Waals surface area (Å²) in [6, 6.07) is 6.02. The SMILES string of the molecule is CC(Br)Cc1ccc2c(c1)N(C)C(=O)C(C)O2. The molecule has 4 heteroatoms. The van der Waals surface area contributed by atoms with Crippen LogP contribution in [0.15, 0.2) is 18.2 Å². The second kappa shape index (κ2) is 4.69. The van der Waals surface area contributed by atoms with Crippen molar-refractivity contribution >= 4 is 27.5 Å². The first-order valence-corrected chi connectivity index (χ1v) is 6.62. The smallest absolute Gasteiger partial charge is 0.267 e. The molecule has 1 heterocycles. The Bertz CT molecular complexity index is 445. The predicted molar refractivity (Wildman–Crippen MR) is 72.0 cm³/mol. The van der Waals surface area contributed by atoms with Crippen LogP contribution in [0.2, 0.25) is 0 Å². The number of halogens is 1. The quantitative estimate of drug-likeness (QED) is 0.786. The van der Waals surface area contributed by atoms with Crippen LogP contribution in [-0.2, 0) is 11.2 Å². The number of benzene rings is 1. The standard InChI is InChI=1S/C13H16BrNO2/c1-8(14)6-10-4-5-12-11(7-10)15(3)13(16)9(2)17-12/h4-5,7-9H,6H2,1-3H3. The van der Waals surface area contributed by atoms with Crippen molar-refractivity contribution < 1.29 is 9.53 Å². The highest BCUT2D eigenvalue weighted by atomic mass is 79.9. The van der Waals surface area contributed by atoms with E-state index in [1.54, 1.807) is 18.9 Å². The van der Waals surface area contributed by atoms with Gasteiger partial charge in [0.25, 0.3) is 5.91 Å². The fourth-order valence-corrected chi connectivity index (χ4v) is 2.38. The molecule has 0 aliphatic carbocycles. The summed E-state index contributed by atoms with van der Waals surface area (Å²) in [6.07, 6.45) is 0.540. The molecule has 0 bridgehead atoms. The van der Waals surface area contributed by atoms with Crippen LogP contribution in [0.3, 0.4) is 0 Å². The lowest BCUT2D eigenvalue weighted by atomic mass is 10.1. The molecule has 0 spiro atoms. The summed E-state index contributed by atoms with van der Waals surface area (Å²) < 4.78 is 5.57. The minimum absolute atomic E-state index is 0.00143. The van der Waals surface area contributed by atoms with Crippen molar-refractivity contribution in [3.63, 3.8) is 0 Å². The summed E-state index contributed by atoms with van der Waals surface area (Å²) in [5.41, 5.74) is 2.06. The fourth-order valence-electron chi connectivity index (χ4n) is 2.01. The maximum absolute atomic E-state index is 11.8. The van der Waals surface area contributed by atoms with Crippen LogP contribution in [-0.4, -0.2) is 23.9 Å². The van der Waals surface area contributed by atoms with E-state index in [1.807, 2.05) is 18.2 Å². The minimum Gasteiger partial charge on any atom is -0.479 e. The van der Waals surface area contributed by atoms with Gasteiger partial charge in [0.05, 0.1) is 5.69 Å². The van der Waals surface area contributed by atoms with Crippen LogP contribution < -0.4 is 9.64 Å². The van der Waals surface area contributed by atoms with E-state index >= 15 is 0 Å². The Kier molecular flexibility index (Phi) is 3.43. The minimum atomic E-state index is -0.395. The van der Waals surface area contributed by atoms with Gasteiger partial charge in [0.1, 0.15) is 5.75 Å². The molecular formula is C13H16BrNO2. The lowest BCUT2D eigenvalue weighted by Crippen LogP contribution is -2.42. The van der Waals surface area contributed by atoms with Crippen molar-refractivity contribution in [2.45, 2.75) is 31.2 Å². The number of carbonyl (C=O) groups is 1. The number of carbonyl (C=O) groups excluding carboxylic acids is 1. The maximum atomic E-state index is 11.8. The number of rotatable bonds is 2. The molecule has 2 unspecified atom stereocenters. The van der Waals surface area contributed by atoms with Crippen molar-refractivity contribution in [3.05, 3.63) is 23.8 Å². The summed E-state index contributed by atoms with van der Waals surface area (Å²) in [6.45, 7) is 3.88. The number of alkyl halides is 1. The summed E-state index contributed by atoms with van der Waals surface area (Å²) in [4.78, 5) is 13.9. The number of fused-ring (bicyclic) bond motifs is 1. The van der Waals surface area contributed by atoms with Gasteiger partial charge in [-0.25, -0.2) is 0 Å². The molecule has 1 aliphatic rings. The molecule has 2 rings (SSSR count). The van der Waals surface area contributed by atoms with E-state index in [9.17, 15) is 4.79 Å². The molecule has 1 aromatic rings. The predicted octanol–water partition coefficient (Wildman–Crippen LogP) is 2.76. The summed E-state index contributed by atoms with van der Waals surface area (Å²) >= 11 is 3.53. The summed E-state index contributed by atoms with van der Waals surface area (Å²) in [7, 11) is 1.79.